The maximum Gasteiger partial charge on any atom is 0.472 e. The maximum absolute atomic E-state index is 13.0. The van der Waals surface area contributed by atoms with Gasteiger partial charge in [-0.2, -0.15) is 0 Å². The molecule has 17 nitrogen and oxygen atoms in total. The number of ether oxygens (including phenoxy) is 4. The van der Waals surface area contributed by atoms with Gasteiger partial charge in [0.2, 0.25) is 0 Å². The molecule has 19 heteroatoms. The topological polar surface area (TPSA) is 237 Å². The van der Waals surface area contributed by atoms with Crippen molar-refractivity contribution in [1.29, 1.82) is 0 Å². The van der Waals surface area contributed by atoms with Gasteiger partial charge in [-0.25, -0.2) is 9.13 Å². The summed E-state index contributed by atoms with van der Waals surface area (Å²) in [6.45, 7) is 11.7. The van der Waals surface area contributed by atoms with E-state index >= 15 is 0 Å². The molecule has 84 heavy (non-hydrogen) atoms. The molecule has 0 amide bonds. The third-order valence-electron chi connectivity index (χ3n) is 15.2. The minimum absolute atomic E-state index is 0.103. The molecule has 0 rings (SSSR count). The van der Waals surface area contributed by atoms with Crippen LogP contribution in [0.3, 0.4) is 0 Å². The van der Waals surface area contributed by atoms with Crippen molar-refractivity contribution in [3.8, 4) is 0 Å². The van der Waals surface area contributed by atoms with E-state index in [0.29, 0.717) is 25.7 Å². The highest BCUT2D eigenvalue weighted by atomic mass is 31.2. The lowest BCUT2D eigenvalue weighted by Gasteiger charge is -2.21. The van der Waals surface area contributed by atoms with Gasteiger partial charge in [0.15, 0.2) is 12.2 Å². The van der Waals surface area contributed by atoms with Crippen LogP contribution in [0.5, 0.6) is 0 Å². The molecule has 0 bridgehead atoms. The number of phosphoric acid groups is 2. The zero-order valence-corrected chi connectivity index (χ0v) is 56.1. The van der Waals surface area contributed by atoms with Crippen molar-refractivity contribution in [2.24, 2.45) is 17.8 Å². The van der Waals surface area contributed by atoms with Gasteiger partial charge >= 0.3 is 39.5 Å². The summed E-state index contributed by atoms with van der Waals surface area (Å²) in [4.78, 5) is 72.3. The van der Waals surface area contributed by atoms with E-state index in [2.05, 4.69) is 48.5 Å². The molecule has 0 saturated carbocycles. The fourth-order valence-electron chi connectivity index (χ4n) is 9.62. The molecular formula is C65H126O17P2. The minimum Gasteiger partial charge on any atom is -0.462 e. The van der Waals surface area contributed by atoms with E-state index in [4.69, 9.17) is 37.0 Å². The fourth-order valence-corrected chi connectivity index (χ4v) is 11.2. The number of rotatable bonds is 63. The van der Waals surface area contributed by atoms with Crippen LogP contribution in [0.4, 0.5) is 0 Å². The van der Waals surface area contributed by atoms with E-state index in [1.54, 1.807) is 0 Å². The molecule has 0 aromatic heterocycles. The number of aliphatic hydroxyl groups is 1. The Morgan fingerprint density at radius 1 is 0.345 bits per heavy atom. The SMILES string of the molecule is CCCCCCCCCCCCCCC(=O)O[C@H](COC(=O)CCCCCCCCCCC(C)C)COP(=O)(O)OC[C@@H](O)COP(=O)(O)OC[C@@H](COC(=O)CCCCCCCCC(C)CC)OC(=O)CCCCCCCCCCC(C)C. The van der Waals surface area contributed by atoms with E-state index in [1.807, 2.05) is 0 Å². The Bertz CT molecular complexity index is 1670. The first-order valence-corrected chi connectivity index (χ1v) is 36.9. The summed E-state index contributed by atoms with van der Waals surface area (Å²) < 4.78 is 68.0. The number of carbonyl (C=O) groups excluding carboxylic acids is 4. The first-order valence-electron chi connectivity index (χ1n) is 33.9. The van der Waals surface area contributed by atoms with E-state index < -0.39 is 97.5 Å². The molecule has 0 heterocycles. The second-order valence-electron chi connectivity index (χ2n) is 24.7. The molecular weight excluding hydrogens is 1110 g/mol. The van der Waals surface area contributed by atoms with Crippen molar-refractivity contribution in [1.82, 2.24) is 0 Å². The monoisotopic (exact) mass is 1240 g/mol. The third kappa shape index (κ3) is 57.8. The average Bonchev–Trinajstić information content (AvgIpc) is 3.50. The lowest BCUT2D eigenvalue weighted by Crippen LogP contribution is -2.30. The highest BCUT2D eigenvalue weighted by Gasteiger charge is 2.30. The zero-order chi connectivity index (χ0) is 62.4. The van der Waals surface area contributed by atoms with Gasteiger partial charge in [0.25, 0.3) is 0 Å². The average molecular weight is 1240 g/mol. The molecule has 0 saturated heterocycles. The molecule has 3 unspecified atom stereocenters. The first-order chi connectivity index (χ1) is 40.3. The molecule has 0 aliphatic heterocycles. The molecule has 0 aromatic rings. The fraction of sp³-hybridized carbons (Fsp3) is 0.938. The van der Waals surface area contributed by atoms with Gasteiger partial charge in [-0.15, -0.1) is 0 Å². The highest BCUT2D eigenvalue weighted by Crippen LogP contribution is 2.45. The van der Waals surface area contributed by atoms with E-state index in [0.717, 1.165) is 114 Å². The van der Waals surface area contributed by atoms with Crippen LogP contribution >= 0.6 is 15.6 Å². The Hall–Kier alpha value is -1.94. The van der Waals surface area contributed by atoms with Crippen LogP contribution < -0.4 is 0 Å². The lowest BCUT2D eigenvalue weighted by molar-refractivity contribution is -0.161. The number of carbonyl (C=O) groups is 4. The Labute approximate surface area is 511 Å². The van der Waals surface area contributed by atoms with Crippen LogP contribution in [0.2, 0.25) is 0 Å². The molecule has 0 aliphatic rings. The van der Waals surface area contributed by atoms with Crippen LogP contribution in [0.15, 0.2) is 0 Å². The number of esters is 4. The summed E-state index contributed by atoms with van der Waals surface area (Å²) in [7, 11) is -9.89. The van der Waals surface area contributed by atoms with Crippen molar-refractivity contribution < 1.29 is 80.2 Å². The highest BCUT2D eigenvalue weighted by molar-refractivity contribution is 7.47. The second kappa shape index (κ2) is 56.3. The van der Waals surface area contributed by atoms with Crippen LogP contribution in [0, 0.1) is 17.8 Å². The van der Waals surface area contributed by atoms with Crippen molar-refractivity contribution in [2.45, 2.75) is 336 Å². The molecule has 3 N–H and O–H groups in total. The first kappa shape index (κ1) is 82.1. The number of unbranched alkanes of at least 4 members (excludes halogenated alkanes) is 30. The molecule has 0 fully saturated rings. The predicted molar refractivity (Wildman–Crippen MR) is 335 cm³/mol. The zero-order valence-electron chi connectivity index (χ0n) is 54.4. The van der Waals surface area contributed by atoms with Crippen molar-refractivity contribution in [3.05, 3.63) is 0 Å². The van der Waals surface area contributed by atoms with Crippen molar-refractivity contribution >= 4 is 39.5 Å². The third-order valence-corrected chi connectivity index (χ3v) is 17.1. The Balaban J connectivity index is 5.26. The molecule has 6 atom stereocenters. The molecule has 0 radical (unpaired) electrons. The van der Waals surface area contributed by atoms with Gasteiger partial charge in [0.05, 0.1) is 26.4 Å². The Morgan fingerprint density at radius 2 is 0.607 bits per heavy atom. The van der Waals surface area contributed by atoms with Gasteiger partial charge in [-0.05, 0) is 43.4 Å². The summed E-state index contributed by atoms with van der Waals surface area (Å²) >= 11 is 0. The van der Waals surface area contributed by atoms with E-state index in [9.17, 15) is 43.2 Å². The molecule has 0 spiro atoms. The largest absolute Gasteiger partial charge is 0.472 e. The van der Waals surface area contributed by atoms with Crippen LogP contribution in [0.1, 0.15) is 318 Å². The summed E-state index contributed by atoms with van der Waals surface area (Å²) in [6, 6.07) is 0. The lowest BCUT2D eigenvalue weighted by atomic mass is 10.00. The van der Waals surface area contributed by atoms with Gasteiger partial charge in [0.1, 0.15) is 19.3 Å². The van der Waals surface area contributed by atoms with Crippen LogP contribution in [0.25, 0.3) is 0 Å². The van der Waals surface area contributed by atoms with Gasteiger partial charge in [-0.3, -0.25) is 37.3 Å². The van der Waals surface area contributed by atoms with Gasteiger partial charge in [0, 0.05) is 25.7 Å². The summed E-state index contributed by atoms with van der Waals surface area (Å²) in [5, 5.41) is 10.5. The van der Waals surface area contributed by atoms with Crippen LogP contribution in [-0.4, -0.2) is 96.7 Å². The van der Waals surface area contributed by atoms with E-state index in [-0.39, 0.29) is 25.7 Å². The molecule has 0 aliphatic carbocycles. The number of hydrogen-bond acceptors (Lipinski definition) is 15. The van der Waals surface area contributed by atoms with Crippen molar-refractivity contribution in [3.63, 3.8) is 0 Å². The molecule has 498 valence electrons. The standard InChI is InChI=1S/C65H126O17P2/c1-8-10-11-12-13-14-15-16-17-25-34-41-48-64(69)81-60(52-75-62(67)46-39-32-24-20-18-22-29-36-43-56(3)4)54-79-83(71,72)77-50-59(66)51-78-84(73,74)80-55-61(53-76-63(68)47-40-33-28-27-31-38-45-58(7)9-2)82-65(70)49-42-35-26-21-19-23-30-37-44-57(5)6/h56-61,66H,8-55H2,1-7H3,(H,71,72)(H,73,74)/t58?,59-,60-,61-/m1/s1. The minimum atomic E-state index is -4.95. The van der Waals surface area contributed by atoms with Gasteiger partial charge in [-0.1, -0.05) is 267 Å². The molecule has 0 aromatic carbocycles. The smallest absolute Gasteiger partial charge is 0.462 e. The second-order valence-corrected chi connectivity index (χ2v) is 27.6. The normalized spacial score (nSPS) is 14.7. The summed E-state index contributed by atoms with van der Waals surface area (Å²) in [5.74, 6) is 0.0399. The van der Waals surface area contributed by atoms with Crippen molar-refractivity contribution in [2.75, 3.05) is 39.6 Å². The van der Waals surface area contributed by atoms with Crippen LogP contribution in [-0.2, 0) is 65.4 Å². The summed E-state index contributed by atoms with van der Waals surface area (Å²) in [5.41, 5.74) is 0. The quantitative estimate of drug-likeness (QED) is 0.0222. The number of hydrogen-bond donors (Lipinski definition) is 3. The maximum atomic E-state index is 13.0. The number of aliphatic hydroxyl groups excluding tert-OH is 1. The Morgan fingerprint density at radius 3 is 0.905 bits per heavy atom. The Kier molecular flexibility index (Phi) is 55.0. The summed E-state index contributed by atoms with van der Waals surface area (Å²) in [6.07, 6.45) is 37.6. The van der Waals surface area contributed by atoms with Gasteiger partial charge < -0.3 is 33.8 Å². The predicted octanol–water partition coefficient (Wildman–Crippen LogP) is 17.9. The number of phosphoric ester groups is 2. The van der Waals surface area contributed by atoms with E-state index in [1.165, 1.54) is 122 Å².